The molecule has 3 nitrogen and oxygen atoms in total. The van der Waals surface area contributed by atoms with Crippen LogP contribution in [0.3, 0.4) is 0 Å². The molecule has 0 fully saturated rings. The van der Waals surface area contributed by atoms with Gasteiger partial charge in [-0.2, -0.15) is 0 Å². The van der Waals surface area contributed by atoms with Crippen LogP contribution < -0.4 is 11.1 Å². The maximum absolute atomic E-state index is 11.2. The number of benzene rings is 1. The Morgan fingerprint density at radius 3 is 2.50 bits per heavy atom. The van der Waals surface area contributed by atoms with Gasteiger partial charge in [0.1, 0.15) is 0 Å². The van der Waals surface area contributed by atoms with Gasteiger partial charge in [0, 0.05) is 5.02 Å². The summed E-state index contributed by atoms with van der Waals surface area (Å²) >= 11 is 10.2. The van der Waals surface area contributed by atoms with E-state index >= 15 is 0 Å². The second-order valence-electron chi connectivity index (χ2n) is 2.72. The normalized spacial score (nSPS) is 9.50. The number of thiocarbonyl (C=S) groups is 1. The molecule has 0 aromatic heterocycles. The Kier molecular flexibility index (Phi) is 3.85. The molecule has 1 rings (SSSR count). The molecule has 0 heterocycles. The van der Waals surface area contributed by atoms with Crippen molar-refractivity contribution in [1.29, 1.82) is 0 Å². The van der Waals surface area contributed by atoms with Crippen LogP contribution in [0.15, 0.2) is 24.3 Å². The third kappa shape index (κ3) is 3.72. The fraction of sp³-hybridized carbons (Fsp3) is 0.111. The summed E-state index contributed by atoms with van der Waals surface area (Å²) in [7, 11) is 0. The first-order valence-electron chi connectivity index (χ1n) is 3.91. The molecule has 0 radical (unpaired) electrons. The largest absolute Gasteiger partial charge is 0.376 e. The standard InChI is InChI=1S/C9H9ClN2OS/c10-7-3-1-6(2-4-7)5-8(13)12-9(11)14/h1-4H,5H2,(H3,11,12,13,14). The smallest absolute Gasteiger partial charge is 0.230 e. The average molecular weight is 229 g/mol. The fourth-order valence-corrected chi connectivity index (χ4v) is 1.21. The Bertz CT molecular complexity index is 350. The Balaban J connectivity index is 2.56. The fourth-order valence-electron chi connectivity index (χ4n) is 0.969. The maximum Gasteiger partial charge on any atom is 0.230 e. The summed E-state index contributed by atoms with van der Waals surface area (Å²) in [5.74, 6) is -0.222. The molecule has 0 aliphatic rings. The van der Waals surface area contributed by atoms with Crippen LogP contribution in [0, 0.1) is 0 Å². The molecule has 0 aliphatic heterocycles. The van der Waals surface area contributed by atoms with Crippen LogP contribution in [0.2, 0.25) is 5.02 Å². The Morgan fingerprint density at radius 2 is 2.00 bits per heavy atom. The molecule has 0 unspecified atom stereocenters. The number of nitrogens with two attached hydrogens (primary N) is 1. The van der Waals surface area contributed by atoms with Gasteiger partial charge in [-0.05, 0) is 29.9 Å². The van der Waals surface area contributed by atoms with Crippen LogP contribution in [0.1, 0.15) is 5.56 Å². The Hall–Kier alpha value is -1.13. The van der Waals surface area contributed by atoms with Crippen molar-refractivity contribution in [3.8, 4) is 0 Å². The summed E-state index contributed by atoms with van der Waals surface area (Å²) in [6.45, 7) is 0. The van der Waals surface area contributed by atoms with Gasteiger partial charge in [-0.1, -0.05) is 23.7 Å². The van der Waals surface area contributed by atoms with E-state index in [4.69, 9.17) is 17.3 Å². The minimum atomic E-state index is -0.222. The van der Waals surface area contributed by atoms with E-state index < -0.39 is 0 Å². The van der Waals surface area contributed by atoms with Crippen LogP contribution >= 0.6 is 23.8 Å². The molecular formula is C9H9ClN2OS. The molecule has 74 valence electrons. The Morgan fingerprint density at radius 1 is 1.43 bits per heavy atom. The van der Waals surface area contributed by atoms with Gasteiger partial charge in [-0.3, -0.25) is 4.79 Å². The lowest BCUT2D eigenvalue weighted by atomic mass is 10.1. The lowest BCUT2D eigenvalue weighted by Gasteiger charge is -2.02. The zero-order valence-electron chi connectivity index (χ0n) is 7.29. The molecule has 0 aliphatic carbocycles. The molecule has 5 heteroatoms. The third-order valence-electron chi connectivity index (χ3n) is 1.54. The van der Waals surface area contributed by atoms with Crippen LogP contribution in [-0.2, 0) is 11.2 Å². The van der Waals surface area contributed by atoms with E-state index in [9.17, 15) is 4.79 Å². The minimum Gasteiger partial charge on any atom is -0.376 e. The van der Waals surface area contributed by atoms with Crippen molar-refractivity contribution in [2.24, 2.45) is 5.73 Å². The van der Waals surface area contributed by atoms with Crippen molar-refractivity contribution in [1.82, 2.24) is 5.32 Å². The van der Waals surface area contributed by atoms with Gasteiger partial charge in [0.25, 0.3) is 0 Å². The SMILES string of the molecule is NC(=S)NC(=O)Cc1ccc(Cl)cc1. The van der Waals surface area contributed by atoms with Crippen molar-refractivity contribution in [3.63, 3.8) is 0 Å². The molecule has 1 aromatic rings. The molecule has 14 heavy (non-hydrogen) atoms. The van der Waals surface area contributed by atoms with Gasteiger partial charge in [0.2, 0.25) is 5.91 Å². The van der Waals surface area contributed by atoms with E-state index in [2.05, 4.69) is 17.5 Å². The number of rotatable bonds is 2. The summed E-state index contributed by atoms with van der Waals surface area (Å²) in [6, 6.07) is 7.01. The van der Waals surface area contributed by atoms with Crippen LogP contribution in [-0.4, -0.2) is 11.0 Å². The predicted octanol–water partition coefficient (Wildman–Crippen LogP) is 1.24. The van der Waals surface area contributed by atoms with Crippen molar-refractivity contribution < 1.29 is 4.79 Å². The monoisotopic (exact) mass is 228 g/mol. The number of carbonyl (C=O) groups excluding carboxylic acids is 1. The summed E-state index contributed by atoms with van der Waals surface area (Å²) in [5, 5.41) is 2.98. The molecule has 0 saturated carbocycles. The summed E-state index contributed by atoms with van der Waals surface area (Å²) in [6.07, 6.45) is 0.245. The number of nitrogens with one attached hydrogen (secondary N) is 1. The third-order valence-corrected chi connectivity index (χ3v) is 1.89. The van der Waals surface area contributed by atoms with Crippen molar-refractivity contribution in [2.45, 2.75) is 6.42 Å². The molecule has 0 spiro atoms. The van der Waals surface area contributed by atoms with Crippen molar-refractivity contribution in [2.75, 3.05) is 0 Å². The number of halogens is 1. The summed E-state index contributed by atoms with van der Waals surface area (Å²) in [5.41, 5.74) is 6.01. The maximum atomic E-state index is 11.2. The van der Waals surface area contributed by atoms with Gasteiger partial charge in [-0.15, -0.1) is 0 Å². The second kappa shape index (κ2) is 4.93. The van der Waals surface area contributed by atoms with Crippen LogP contribution in [0.4, 0.5) is 0 Å². The first-order valence-corrected chi connectivity index (χ1v) is 4.70. The zero-order chi connectivity index (χ0) is 10.6. The highest BCUT2D eigenvalue weighted by atomic mass is 35.5. The Labute approximate surface area is 92.2 Å². The number of hydrogen-bond donors (Lipinski definition) is 2. The first-order chi connectivity index (χ1) is 6.58. The zero-order valence-corrected chi connectivity index (χ0v) is 8.86. The van der Waals surface area contributed by atoms with E-state index in [1.165, 1.54) is 0 Å². The van der Waals surface area contributed by atoms with E-state index in [0.717, 1.165) is 5.56 Å². The van der Waals surface area contributed by atoms with E-state index in [0.29, 0.717) is 5.02 Å². The van der Waals surface area contributed by atoms with Gasteiger partial charge in [-0.25, -0.2) is 0 Å². The van der Waals surface area contributed by atoms with Crippen LogP contribution in [0.25, 0.3) is 0 Å². The number of carbonyl (C=O) groups is 1. The molecular weight excluding hydrogens is 220 g/mol. The van der Waals surface area contributed by atoms with Gasteiger partial charge in [0.05, 0.1) is 6.42 Å². The van der Waals surface area contributed by atoms with Gasteiger partial charge >= 0.3 is 0 Å². The van der Waals surface area contributed by atoms with Crippen molar-refractivity contribution in [3.05, 3.63) is 34.9 Å². The highest BCUT2D eigenvalue weighted by Gasteiger charge is 2.03. The summed E-state index contributed by atoms with van der Waals surface area (Å²) in [4.78, 5) is 11.2. The average Bonchev–Trinajstić information content (AvgIpc) is 2.07. The quantitative estimate of drug-likeness (QED) is 0.749. The highest BCUT2D eigenvalue weighted by molar-refractivity contribution is 7.80. The lowest BCUT2D eigenvalue weighted by molar-refractivity contribution is -0.119. The summed E-state index contributed by atoms with van der Waals surface area (Å²) < 4.78 is 0. The van der Waals surface area contributed by atoms with Crippen LogP contribution in [0.5, 0.6) is 0 Å². The van der Waals surface area contributed by atoms with E-state index in [-0.39, 0.29) is 17.4 Å². The van der Waals surface area contributed by atoms with E-state index in [1.54, 1.807) is 24.3 Å². The molecule has 3 N–H and O–H groups in total. The highest BCUT2D eigenvalue weighted by Crippen LogP contribution is 2.09. The number of hydrogen-bond acceptors (Lipinski definition) is 2. The van der Waals surface area contributed by atoms with Gasteiger partial charge < -0.3 is 11.1 Å². The van der Waals surface area contributed by atoms with E-state index in [1.807, 2.05) is 0 Å². The molecule has 1 amide bonds. The van der Waals surface area contributed by atoms with Crippen molar-refractivity contribution >= 4 is 34.8 Å². The number of amides is 1. The van der Waals surface area contributed by atoms with Gasteiger partial charge in [0.15, 0.2) is 5.11 Å². The molecule has 0 saturated heterocycles. The minimum absolute atomic E-state index is 0.0102. The second-order valence-corrected chi connectivity index (χ2v) is 3.59. The topological polar surface area (TPSA) is 55.1 Å². The first kappa shape index (κ1) is 10.9. The molecule has 0 atom stereocenters. The molecule has 1 aromatic carbocycles. The molecule has 0 bridgehead atoms. The lowest BCUT2D eigenvalue weighted by Crippen LogP contribution is -2.35. The predicted molar refractivity (Wildman–Crippen MR) is 60.1 cm³/mol.